The van der Waals surface area contributed by atoms with E-state index in [9.17, 15) is 14.7 Å². The van der Waals surface area contributed by atoms with Crippen LogP contribution in [0.4, 0.5) is 9.59 Å². The van der Waals surface area contributed by atoms with Crippen LogP contribution >= 0.6 is 23.5 Å². The van der Waals surface area contributed by atoms with Crippen LogP contribution in [0.2, 0.25) is 0 Å². The Morgan fingerprint density at radius 3 is 2.86 bits per heavy atom. The second-order valence-electron chi connectivity index (χ2n) is 7.79. The summed E-state index contributed by atoms with van der Waals surface area (Å²) in [6.07, 6.45) is 7.20. The average Bonchev–Trinajstić information content (AvgIpc) is 3.34. The highest BCUT2D eigenvalue weighted by molar-refractivity contribution is 8.16. The van der Waals surface area contributed by atoms with Crippen molar-refractivity contribution in [1.82, 2.24) is 10.0 Å². The quantitative estimate of drug-likeness (QED) is 0.330. The maximum atomic E-state index is 12.5. The number of hydrogen-bond acceptors (Lipinski definition) is 7. The topological polar surface area (TPSA) is 94.2 Å². The fraction of sp³-hybridized carbons (Fsp3) is 0.308. The van der Waals surface area contributed by atoms with Crippen molar-refractivity contribution >= 4 is 34.1 Å². The van der Waals surface area contributed by atoms with Crippen LogP contribution in [0, 0.1) is 11.8 Å². The molecule has 1 saturated heterocycles. The van der Waals surface area contributed by atoms with E-state index in [-0.39, 0.29) is 5.24 Å². The molecule has 2 aromatic rings. The van der Waals surface area contributed by atoms with Crippen LogP contribution in [0.15, 0.2) is 70.9 Å². The van der Waals surface area contributed by atoms with Crippen molar-refractivity contribution < 1.29 is 24.2 Å². The Kier molecular flexibility index (Phi) is 10.6. The highest BCUT2D eigenvalue weighted by Gasteiger charge is 2.27. The number of carbonyl (C=O) groups is 2. The summed E-state index contributed by atoms with van der Waals surface area (Å²) in [6, 6.07) is 9.59. The number of rotatable bonds is 10. The fourth-order valence-corrected chi connectivity index (χ4v) is 4.98. The number of aliphatic hydroxyl groups is 1. The Morgan fingerprint density at radius 2 is 2.11 bits per heavy atom. The number of amides is 1. The van der Waals surface area contributed by atoms with Gasteiger partial charge in [0.15, 0.2) is 0 Å². The van der Waals surface area contributed by atoms with Gasteiger partial charge in [-0.1, -0.05) is 54.5 Å². The first kappa shape index (κ1) is 26.7. The minimum absolute atomic E-state index is 0.0621. The van der Waals surface area contributed by atoms with Crippen molar-refractivity contribution in [2.24, 2.45) is 0 Å². The monoisotopic (exact) mass is 512 g/mol. The Labute approximate surface area is 213 Å². The number of furan rings is 1. The number of carboxylic acid groups (broad SMARTS) is 1. The number of allylic oxidation sites excluding steroid dienone is 2. The zero-order valence-corrected chi connectivity index (χ0v) is 20.9. The third kappa shape index (κ3) is 9.00. The minimum Gasteiger partial charge on any atom is -0.473 e. The molecule has 9 heteroatoms. The molecule has 0 radical (unpaired) electrons. The summed E-state index contributed by atoms with van der Waals surface area (Å²) in [6.45, 7) is 5.22. The number of thioether (sulfide) groups is 2. The lowest BCUT2D eigenvalue weighted by molar-refractivity contribution is 0.0150. The Balaban J connectivity index is 1.54. The molecule has 7 nitrogen and oxygen atoms in total. The molecule has 3 rings (SSSR count). The summed E-state index contributed by atoms with van der Waals surface area (Å²) in [4.78, 5) is 24.2. The molecule has 35 heavy (non-hydrogen) atoms. The minimum atomic E-state index is -0.992. The molecule has 1 amide bonds. The Morgan fingerprint density at radius 1 is 1.29 bits per heavy atom. The van der Waals surface area contributed by atoms with Crippen LogP contribution in [0.5, 0.6) is 0 Å². The molecule has 0 bridgehead atoms. The largest absolute Gasteiger partial charge is 0.473 e. The molecule has 1 atom stereocenters. The van der Waals surface area contributed by atoms with Crippen molar-refractivity contribution in [1.29, 1.82) is 0 Å². The molecule has 2 N–H and O–H groups in total. The summed E-state index contributed by atoms with van der Waals surface area (Å²) >= 11 is 1.98. The van der Waals surface area contributed by atoms with Crippen LogP contribution in [0.3, 0.4) is 0 Å². The van der Waals surface area contributed by atoms with E-state index in [0.29, 0.717) is 49.6 Å². The van der Waals surface area contributed by atoms with Crippen LogP contribution < -0.4 is 0 Å². The first-order valence-corrected chi connectivity index (χ1v) is 13.0. The molecule has 0 saturated carbocycles. The number of hydrogen-bond donors (Lipinski definition) is 2. The SMILES string of the molecule is C=C/C=C(/CCN1C(=O)SCCN1CCC(O)Cc1cccc(C#Cc2ccoc2)c1)SC(=O)O. The van der Waals surface area contributed by atoms with E-state index < -0.39 is 11.4 Å². The standard InChI is InChI=1S/C26H28N2O5S2/c1-2-4-24(35-26(31)32)10-13-28-25(30)34-16-14-27(28)12-9-23(29)18-22-6-3-5-20(17-22)7-8-21-11-15-33-19-21/h2-6,11,15,17,19,23,29H,1,9-10,12-14,16,18H2,(H,31,32)/b24-4-. The summed E-state index contributed by atoms with van der Waals surface area (Å²) in [7, 11) is 0. The lowest BCUT2D eigenvalue weighted by Crippen LogP contribution is -2.50. The predicted octanol–water partition coefficient (Wildman–Crippen LogP) is 5.23. The zero-order valence-electron chi connectivity index (χ0n) is 19.3. The predicted molar refractivity (Wildman–Crippen MR) is 140 cm³/mol. The maximum Gasteiger partial charge on any atom is 0.369 e. The third-order valence-electron chi connectivity index (χ3n) is 5.21. The van der Waals surface area contributed by atoms with Gasteiger partial charge in [-0.05, 0) is 59.7 Å². The molecular weight excluding hydrogens is 484 g/mol. The number of benzene rings is 1. The third-order valence-corrected chi connectivity index (χ3v) is 6.83. The van der Waals surface area contributed by atoms with E-state index in [4.69, 9.17) is 9.52 Å². The molecular formula is C26H28N2O5S2. The van der Waals surface area contributed by atoms with Crippen molar-refractivity contribution in [3.63, 3.8) is 0 Å². The number of hydrazine groups is 1. The molecule has 0 aliphatic carbocycles. The molecule has 1 aliphatic rings. The highest BCUT2D eigenvalue weighted by Crippen LogP contribution is 2.25. The first-order valence-electron chi connectivity index (χ1n) is 11.2. The smallest absolute Gasteiger partial charge is 0.369 e. The molecule has 1 unspecified atom stereocenters. The second kappa shape index (κ2) is 13.9. The summed E-state index contributed by atoms with van der Waals surface area (Å²) in [5.74, 6) is 6.83. The van der Waals surface area contributed by atoms with Crippen LogP contribution in [-0.4, -0.2) is 62.3 Å². The van der Waals surface area contributed by atoms with Gasteiger partial charge >= 0.3 is 5.30 Å². The Bertz CT molecular complexity index is 1100. The van der Waals surface area contributed by atoms with Crippen molar-refractivity contribution in [2.75, 3.05) is 25.4 Å². The molecule has 0 spiro atoms. The van der Waals surface area contributed by atoms with Crippen LogP contribution in [0.25, 0.3) is 0 Å². The summed E-state index contributed by atoms with van der Waals surface area (Å²) < 4.78 is 5.03. The van der Waals surface area contributed by atoms with Gasteiger partial charge in [0.05, 0.1) is 17.9 Å². The maximum absolute atomic E-state index is 12.5. The van der Waals surface area contributed by atoms with Gasteiger partial charge in [-0.25, -0.2) is 9.80 Å². The molecule has 1 fully saturated rings. The first-order chi connectivity index (χ1) is 16.9. The van der Waals surface area contributed by atoms with E-state index in [0.717, 1.165) is 28.5 Å². The number of aliphatic hydroxyl groups excluding tert-OH is 1. The van der Waals surface area contributed by atoms with E-state index in [1.807, 2.05) is 29.3 Å². The van der Waals surface area contributed by atoms with Gasteiger partial charge in [-0.15, -0.1) is 0 Å². The van der Waals surface area contributed by atoms with Crippen molar-refractivity contribution in [3.8, 4) is 11.8 Å². The van der Waals surface area contributed by atoms with E-state index in [1.165, 1.54) is 11.8 Å². The fourth-order valence-electron chi connectivity index (χ4n) is 3.57. The van der Waals surface area contributed by atoms with Gasteiger partial charge < -0.3 is 14.6 Å². The molecule has 1 aliphatic heterocycles. The van der Waals surface area contributed by atoms with E-state index in [2.05, 4.69) is 18.4 Å². The van der Waals surface area contributed by atoms with Crippen molar-refractivity contribution in [2.45, 2.75) is 25.4 Å². The summed E-state index contributed by atoms with van der Waals surface area (Å²) in [5, 5.41) is 22.3. The normalized spacial score (nSPS) is 15.4. The van der Waals surface area contributed by atoms with Gasteiger partial charge in [0.25, 0.3) is 5.24 Å². The molecule has 2 heterocycles. The van der Waals surface area contributed by atoms with Crippen LogP contribution in [-0.2, 0) is 6.42 Å². The van der Waals surface area contributed by atoms with E-state index >= 15 is 0 Å². The zero-order chi connectivity index (χ0) is 25.0. The lowest BCUT2D eigenvalue weighted by atomic mass is 10.0. The van der Waals surface area contributed by atoms with Gasteiger partial charge in [-0.2, -0.15) is 0 Å². The summed E-state index contributed by atoms with van der Waals surface area (Å²) in [5.41, 5.74) is 2.66. The van der Waals surface area contributed by atoms with Crippen LogP contribution in [0.1, 0.15) is 29.5 Å². The number of nitrogens with zero attached hydrogens (tertiary/aromatic N) is 2. The highest BCUT2D eigenvalue weighted by atomic mass is 32.2. The Hall–Kier alpha value is -2.90. The molecule has 1 aromatic heterocycles. The molecule has 184 valence electrons. The van der Waals surface area contributed by atoms with Gasteiger partial charge in [0.2, 0.25) is 0 Å². The van der Waals surface area contributed by atoms with Gasteiger partial charge in [0, 0.05) is 31.0 Å². The van der Waals surface area contributed by atoms with Gasteiger partial charge in [0.1, 0.15) is 6.26 Å². The lowest BCUT2D eigenvalue weighted by Gasteiger charge is -2.38. The van der Waals surface area contributed by atoms with Gasteiger partial charge in [-0.3, -0.25) is 9.80 Å². The number of carbonyl (C=O) groups excluding carboxylic acids is 1. The molecule has 1 aromatic carbocycles. The average molecular weight is 513 g/mol. The van der Waals surface area contributed by atoms with Crippen molar-refractivity contribution in [3.05, 3.63) is 83.2 Å². The van der Waals surface area contributed by atoms with E-state index in [1.54, 1.807) is 35.8 Å². The second-order valence-corrected chi connectivity index (χ2v) is 9.91.